The molecule has 0 fully saturated rings. The second kappa shape index (κ2) is 6.83. The molecule has 3 rings (SSSR count). The molecule has 2 amide bonds. The smallest absolute Gasteiger partial charge is 0.273 e. The van der Waals surface area contributed by atoms with Crippen LogP contribution in [-0.2, 0) is 16.0 Å². The highest BCUT2D eigenvalue weighted by Crippen LogP contribution is 2.16. The van der Waals surface area contributed by atoms with Crippen molar-refractivity contribution in [3.63, 3.8) is 0 Å². The van der Waals surface area contributed by atoms with Crippen molar-refractivity contribution in [3.8, 4) is 0 Å². The molecule has 1 N–H and O–H groups in total. The predicted octanol–water partition coefficient (Wildman–Crippen LogP) is 1.81. The number of benzene rings is 1. The van der Waals surface area contributed by atoms with Gasteiger partial charge in [0.05, 0.1) is 0 Å². The molecule has 1 aromatic heterocycles. The summed E-state index contributed by atoms with van der Waals surface area (Å²) in [5.74, 6) is -0.341. The van der Waals surface area contributed by atoms with Gasteiger partial charge in [0.2, 0.25) is 11.0 Å². The van der Waals surface area contributed by atoms with Crippen molar-refractivity contribution >= 4 is 34.2 Å². The SMILES string of the molecule is CN1N=C(C(=O)Nc2nc(Cc3cccc(F)c3)ns2)CCC1=O. The normalized spacial score (nSPS) is 14.5. The molecule has 124 valence electrons. The fourth-order valence-corrected chi connectivity index (χ4v) is 2.79. The number of hydrogen-bond donors (Lipinski definition) is 1. The second-order valence-corrected chi connectivity index (χ2v) is 5.99. The number of halogens is 1. The van der Waals surface area contributed by atoms with Gasteiger partial charge in [0, 0.05) is 37.8 Å². The Labute approximate surface area is 141 Å². The number of hydrogen-bond acceptors (Lipinski definition) is 6. The maximum absolute atomic E-state index is 13.2. The van der Waals surface area contributed by atoms with E-state index in [1.807, 2.05) is 0 Å². The Bertz CT molecular complexity index is 820. The second-order valence-electron chi connectivity index (χ2n) is 5.24. The number of nitrogens with zero attached hydrogens (tertiary/aromatic N) is 4. The molecule has 0 atom stereocenters. The van der Waals surface area contributed by atoms with Gasteiger partial charge in [0.25, 0.3) is 5.91 Å². The molecule has 0 saturated heterocycles. The average molecular weight is 347 g/mol. The van der Waals surface area contributed by atoms with Crippen LogP contribution in [0.1, 0.15) is 24.2 Å². The van der Waals surface area contributed by atoms with Gasteiger partial charge in [0.15, 0.2) is 0 Å². The van der Waals surface area contributed by atoms with Crippen molar-refractivity contribution in [1.82, 2.24) is 14.4 Å². The molecular formula is C15H14FN5O2S. The van der Waals surface area contributed by atoms with Crippen LogP contribution in [0.4, 0.5) is 9.52 Å². The van der Waals surface area contributed by atoms with E-state index in [0.29, 0.717) is 23.8 Å². The van der Waals surface area contributed by atoms with E-state index >= 15 is 0 Å². The molecule has 2 heterocycles. The Morgan fingerprint density at radius 3 is 3.00 bits per heavy atom. The van der Waals surface area contributed by atoms with Crippen LogP contribution >= 0.6 is 11.5 Å². The van der Waals surface area contributed by atoms with Crippen LogP contribution in [0.15, 0.2) is 29.4 Å². The van der Waals surface area contributed by atoms with E-state index in [4.69, 9.17) is 0 Å². The van der Waals surface area contributed by atoms with Crippen molar-refractivity contribution < 1.29 is 14.0 Å². The molecular weight excluding hydrogens is 333 g/mol. The summed E-state index contributed by atoms with van der Waals surface area (Å²) in [5.41, 5.74) is 1.03. The number of anilines is 1. The van der Waals surface area contributed by atoms with E-state index in [-0.39, 0.29) is 23.9 Å². The summed E-state index contributed by atoms with van der Waals surface area (Å²) in [6, 6.07) is 6.20. The first kappa shape index (κ1) is 16.2. The molecule has 0 radical (unpaired) electrons. The maximum atomic E-state index is 13.2. The van der Waals surface area contributed by atoms with Crippen molar-refractivity contribution in [2.75, 3.05) is 12.4 Å². The number of carbonyl (C=O) groups excluding carboxylic acids is 2. The lowest BCUT2D eigenvalue weighted by Crippen LogP contribution is -2.34. The minimum Gasteiger partial charge on any atom is -0.295 e. The summed E-state index contributed by atoms with van der Waals surface area (Å²) in [6.45, 7) is 0. The largest absolute Gasteiger partial charge is 0.295 e. The van der Waals surface area contributed by atoms with Crippen LogP contribution in [0.3, 0.4) is 0 Å². The van der Waals surface area contributed by atoms with Crippen molar-refractivity contribution in [2.24, 2.45) is 5.10 Å². The standard InChI is InChI=1S/C15H14FN5O2S/c1-21-13(22)6-5-11(19-21)14(23)18-15-17-12(20-24-15)8-9-3-2-4-10(16)7-9/h2-4,7H,5-6,8H2,1H3,(H,17,18,20,23). The first-order valence-corrected chi connectivity index (χ1v) is 8.01. The summed E-state index contributed by atoms with van der Waals surface area (Å²) in [7, 11) is 1.51. The van der Waals surface area contributed by atoms with Crippen LogP contribution < -0.4 is 5.32 Å². The van der Waals surface area contributed by atoms with E-state index < -0.39 is 5.91 Å². The Morgan fingerprint density at radius 2 is 2.25 bits per heavy atom. The van der Waals surface area contributed by atoms with Crippen LogP contribution in [0.2, 0.25) is 0 Å². The predicted molar refractivity (Wildman–Crippen MR) is 87.2 cm³/mol. The van der Waals surface area contributed by atoms with Gasteiger partial charge >= 0.3 is 0 Å². The number of carbonyl (C=O) groups is 2. The zero-order valence-corrected chi connectivity index (χ0v) is 13.6. The molecule has 2 aromatic rings. The van der Waals surface area contributed by atoms with Gasteiger partial charge in [0.1, 0.15) is 17.4 Å². The molecule has 1 aliphatic heterocycles. The van der Waals surface area contributed by atoms with Gasteiger partial charge in [-0.25, -0.2) is 14.4 Å². The topological polar surface area (TPSA) is 87.6 Å². The van der Waals surface area contributed by atoms with Crippen LogP contribution in [0, 0.1) is 5.82 Å². The lowest BCUT2D eigenvalue weighted by molar-refractivity contribution is -0.130. The van der Waals surface area contributed by atoms with Crippen LogP contribution in [0.5, 0.6) is 0 Å². The number of hydrazone groups is 1. The molecule has 0 bridgehead atoms. The molecule has 24 heavy (non-hydrogen) atoms. The zero-order valence-electron chi connectivity index (χ0n) is 12.8. The molecule has 1 aromatic carbocycles. The van der Waals surface area contributed by atoms with Crippen molar-refractivity contribution in [3.05, 3.63) is 41.5 Å². The summed E-state index contributed by atoms with van der Waals surface area (Å²) in [4.78, 5) is 27.7. The minimum atomic E-state index is -0.400. The number of rotatable bonds is 4. The van der Waals surface area contributed by atoms with E-state index in [1.54, 1.807) is 12.1 Å². The lowest BCUT2D eigenvalue weighted by Gasteiger charge is -2.18. The Morgan fingerprint density at radius 1 is 1.42 bits per heavy atom. The highest BCUT2D eigenvalue weighted by molar-refractivity contribution is 7.10. The molecule has 0 saturated carbocycles. The van der Waals surface area contributed by atoms with E-state index in [9.17, 15) is 14.0 Å². The third kappa shape index (κ3) is 3.80. The number of aromatic nitrogens is 2. The number of nitrogens with one attached hydrogen (secondary N) is 1. The summed E-state index contributed by atoms with van der Waals surface area (Å²) in [6.07, 6.45) is 0.927. The monoisotopic (exact) mass is 347 g/mol. The van der Waals surface area contributed by atoms with Crippen LogP contribution in [0.25, 0.3) is 0 Å². The first-order valence-electron chi connectivity index (χ1n) is 7.23. The first-order chi connectivity index (χ1) is 11.5. The summed E-state index contributed by atoms with van der Waals surface area (Å²) < 4.78 is 17.3. The summed E-state index contributed by atoms with van der Waals surface area (Å²) >= 11 is 1.04. The van der Waals surface area contributed by atoms with E-state index in [1.165, 1.54) is 19.2 Å². The molecule has 7 nitrogen and oxygen atoms in total. The van der Waals surface area contributed by atoms with Gasteiger partial charge in [-0.1, -0.05) is 12.1 Å². The maximum Gasteiger partial charge on any atom is 0.273 e. The van der Waals surface area contributed by atoms with Crippen LogP contribution in [-0.4, -0.2) is 38.9 Å². The van der Waals surface area contributed by atoms with Gasteiger partial charge in [-0.15, -0.1) is 0 Å². The molecule has 0 unspecified atom stereocenters. The quantitative estimate of drug-likeness (QED) is 0.914. The zero-order chi connectivity index (χ0) is 17.1. The molecule has 9 heteroatoms. The summed E-state index contributed by atoms with van der Waals surface area (Å²) in [5, 5.41) is 8.08. The lowest BCUT2D eigenvalue weighted by atomic mass is 10.1. The van der Waals surface area contributed by atoms with Gasteiger partial charge in [-0.05, 0) is 17.7 Å². The minimum absolute atomic E-state index is 0.125. The van der Waals surface area contributed by atoms with Gasteiger partial charge in [-0.3, -0.25) is 14.9 Å². The van der Waals surface area contributed by atoms with Gasteiger partial charge < -0.3 is 0 Å². The van der Waals surface area contributed by atoms with Crippen molar-refractivity contribution in [1.29, 1.82) is 0 Å². The fourth-order valence-electron chi connectivity index (χ4n) is 2.21. The highest BCUT2D eigenvalue weighted by atomic mass is 32.1. The van der Waals surface area contributed by atoms with E-state index in [2.05, 4.69) is 19.8 Å². The highest BCUT2D eigenvalue weighted by Gasteiger charge is 2.22. The third-order valence-electron chi connectivity index (χ3n) is 3.41. The third-order valence-corrected chi connectivity index (χ3v) is 4.08. The van der Waals surface area contributed by atoms with E-state index in [0.717, 1.165) is 22.1 Å². The fraction of sp³-hybridized carbons (Fsp3) is 0.267. The van der Waals surface area contributed by atoms with Crippen molar-refractivity contribution in [2.45, 2.75) is 19.3 Å². The Hall–Kier alpha value is -2.68. The molecule has 1 aliphatic rings. The molecule has 0 aliphatic carbocycles. The average Bonchev–Trinajstić information content (AvgIpc) is 2.97. The molecule has 0 spiro atoms. The van der Waals surface area contributed by atoms with Gasteiger partial charge in [-0.2, -0.15) is 9.47 Å². The Kier molecular flexibility index (Phi) is 4.61. The Balaban J connectivity index is 1.65. The number of amides is 2.